The van der Waals surface area contributed by atoms with Crippen LogP contribution in [0.1, 0.15) is 19.0 Å². The number of hydrogen-bond acceptors (Lipinski definition) is 4. The molecule has 1 saturated heterocycles. The van der Waals surface area contributed by atoms with Crippen LogP contribution in [0, 0.1) is 5.92 Å². The van der Waals surface area contributed by atoms with E-state index in [4.69, 9.17) is 5.73 Å². The van der Waals surface area contributed by atoms with Crippen LogP contribution in [0.25, 0.3) is 0 Å². The molecule has 1 atom stereocenters. The first-order valence-corrected chi connectivity index (χ1v) is 5.71. The molecule has 0 radical (unpaired) electrons. The van der Waals surface area contributed by atoms with Crippen LogP contribution in [0.3, 0.4) is 0 Å². The van der Waals surface area contributed by atoms with Crippen LogP contribution >= 0.6 is 0 Å². The Kier molecular flexibility index (Phi) is 3.14. The van der Waals surface area contributed by atoms with Crippen LogP contribution in [-0.2, 0) is 16.0 Å². The van der Waals surface area contributed by atoms with Crippen molar-refractivity contribution in [2.75, 3.05) is 11.4 Å². The van der Waals surface area contributed by atoms with Crippen molar-refractivity contribution in [1.29, 1.82) is 0 Å². The summed E-state index contributed by atoms with van der Waals surface area (Å²) in [4.78, 5) is 42.2. The number of H-pyrrole nitrogens is 1. The first kappa shape index (κ1) is 12.3. The number of carbonyl (C=O) groups excluding carboxylic acids is 2. The Hall–Kier alpha value is -2.18. The zero-order chi connectivity index (χ0) is 13.3. The van der Waals surface area contributed by atoms with Crippen LogP contribution < -0.4 is 16.2 Å². The highest BCUT2D eigenvalue weighted by molar-refractivity contribution is 5.98. The number of nitrogens with one attached hydrogen (secondary N) is 1. The van der Waals surface area contributed by atoms with Crippen molar-refractivity contribution in [3.63, 3.8) is 0 Å². The van der Waals surface area contributed by atoms with Gasteiger partial charge in [-0.3, -0.25) is 24.3 Å². The summed E-state index contributed by atoms with van der Waals surface area (Å²) in [7, 11) is 0. The van der Waals surface area contributed by atoms with Gasteiger partial charge in [0.2, 0.25) is 17.8 Å². The smallest absolute Gasteiger partial charge is 0.252 e. The molecule has 96 valence electrons. The summed E-state index contributed by atoms with van der Waals surface area (Å²) >= 11 is 0. The molecule has 0 aliphatic carbocycles. The van der Waals surface area contributed by atoms with Crippen molar-refractivity contribution in [1.82, 2.24) is 9.97 Å². The minimum Gasteiger partial charge on any atom is -0.369 e. The molecule has 18 heavy (non-hydrogen) atoms. The summed E-state index contributed by atoms with van der Waals surface area (Å²) in [5.41, 5.74) is 5.46. The molecule has 7 heteroatoms. The molecule has 2 rings (SSSR count). The molecule has 2 heterocycles. The lowest BCUT2D eigenvalue weighted by Crippen LogP contribution is -2.31. The molecule has 0 bridgehead atoms. The fourth-order valence-electron chi connectivity index (χ4n) is 1.91. The van der Waals surface area contributed by atoms with Gasteiger partial charge in [0.25, 0.3) is 5.56 Å². The quantitative estimate of drug-likeness (QED) is 0.729. The zero-order valence-electron chi connectivity index (χ0n) is 9.97. The van der Waals surface area contributed by atoms with Crippen LogP contribution in [-0.4, -0.2) is 28.3 Å². The molecule has 0 aromatic carbocycles. The van der Waals surface area contributed by atoms with Crippen LogP contribution in [0.5, 0.6) is 0 Å². The summed E-state index contributed by atoms with van der Waals surface area (Å²) in [6.07, 6.45) is 0.660. The van der Waals surface area contributed by atoms with Gasteiger partial charge in [-0.25, -0.2) is 4.98 Å². The fraction of sp³-hybridized carbons (Fsp3) is 0.455. The first-order valence-electron chi connectivity index (χ1n) is 5.71. The topological polar surface area (TPSA) is 109 Å². The summed E-state index contributed by atoms with van der Waals surface area (Å²) in [6.45, 7) is 2.04. The van der Waals surface area contributed by atoms with Gasteiger partial charge in [-0.05, 0) is 6.42 Å². The normalized spacial score (nSPS) is 19.3. The average molecular weight is 250 g/mol. The fourth-order valence-corrected chi connectivity index (χ4v) is 1.91. The number of amides is 2. The first-order chi connectivity index (χ1) is 8.51. The number of hydrogen-bond donors (Lipinski definition) is 2. The number of rotatable bonds is 3. The number of primary amides is 1. The largest absolute Gasteiger partial charge is 0.369 e. The van der Waals surface area contributed by atoms with Crippen molar-refractivity contribution in [2.24, 2.45) is 11.7 Å². The van der Waals surface area contributed by atoms with Gasteiger partial charge < -0.3 is 5.73 Å². The van der Waals surface area contributed by atoms with E-state index in [2.05, 4.69) is 9.97 Å². The van der Waals surface area contributed by atoms with E-state index in [-0.39, 0.29) is 30.4 Å². The lowest BCUT2D eigenvalue weighted by atomic mass is 10.1. The number of aromatic amines is 1. The zero-order valence-corrected chi connectivity index (χ0v) is 9.97. The molecule has 0 saturated carbocycles. The molecule has 1 fully saturated rings. The lowest BCUT2D eigenvalue weighted by molar-refractivity contribution is -0.123. The van der Waals surface area contributed by atoms with E-state index < -0.39 is 11.8 Å². The maximum atomic E-state index is 11.8. The van der Waals surface area contributed by atoms with Gasteiger partial charge in [0.15, 0.2) is 0 Å². The maximum Gasteiger partial charge on any atom is 0.252 e. The summed E-state index contributed by atoms with van der Waals surface area (Å²) in [6, 6.07) is 1.38. The van der Waals surface area contributed by atoms with Gasteiger partial charge in [0, 0.05) is 24.7 Å². The number of aryl methyl sites for hydroxylation is 1. The van der Waals surface area contributed by atoms with E-state index in [0.717, 1.165) is 0 Å². The minimum absolute atomic E-state index is 0.0649. The highest BCUT2D eigenvalue weighted by Crippen LogP contribution is 2.21. The van der Waals surface area contributed by atoms with Crippen LogP contribution in [0.4, 0.5) is 5.95 Å². The molecule has 1 aliphatic heterocycles. The second-order valence-corrected chi connectivity index (χ2v) is 4.22. The minimum atomic E-state index is -0.520. The Morgan fingerprint density at radius 1 is 1.61 bits per heavy atom. The number of carbonyl (C=O) groups is 2. The lowest BCUT2D eigenvalue weighted by Gasteiger charge is -2.14. The van der Waals surface area contributed by atoms with E-state index in [1.807, 2.05) is 6.92 Å². The van der Waals surface area contributed by atoms with E-state index >= 15 is 0 Å². The maximum absolute atomic E-state index is 11.8. The molecule has 7 nitrogen and oxygen atoms in total. The van der Waals surface area contributed by atoms with Gasteiger partial charge >= 0.3 is 0 Å². The van der Waals surface area contributed by atoms with Gasteiger partial charge in [-0.1, -0.05) is 6.92 Å². The number of aromatic nitrogens is 2. The SMILES string of the molecule is CCc1cc(=O)[nH]c(N2CC(C(N)=O)CC2=O)n1. The van der Waals surface area contributed by atoms with Crippen molar-refractivity contribution >= 4 is 17.8 Å². The van der Waals surface area contributed by atoms with E-state index in [1.165, 1.54) is 11.0 Å². The Labute approximate surface area is 103 Å². The number of nitrogens with two attached hydrogens (primary N) is 1. The van der Waals surface area contributed by atoms with Gasteiger partial charge in [0.05, 0.1) is 5.92 Å². The van der Waals surface area contributed by atoms with E-state index in [0.29, 0.717) is 12.1 Å². The molecule has 1 aliphatic rings. The highest BCUT2D eigenvalue weighted by Gasteiger charge is 2.35. The predicted molar refractivity (Wildman–Crippen MR) is 63.9 cm³/mol. The summed E-state index contributed by atoms with van der Waals surface area (Å²) in [5.74, 6) is -1.10. The molecule has 3 N–H and O–H groups in total. The highest BCUT2D eigenvalue weighted by atomic mass is 16.2. The molecule has 2 amide bonds. The van der Waals surface area contributed by atoms with Crippen LogP contribution in [0.15, 0.2) is 10.9 Å². The van der Waals surface area contributed by atoms with Gasteiger partial charge in [0.1, 0.15) is 0 Å². The third-order valence-electron chi connectivity index (χ3n) is 2.93. The Morgan fingerprint density at radius 2 is 2.33 bits per heavy atom. The number of anilines is 1. The second kappa shape index (κ2) is 4.59. The molecular weight excluding hydrogens is 236 g/mol. The molecule has 0 spiro atoms. The third kappa shape index (κ3) is 2.24. The Bertz CT molecular complexity index is 551. The molecule has 1 unspecified atom stereocenters. The van der Waals surface area contributed by atoms with Crippen molar-refractivity contribution < 1.29 is 9.59 Å². The standard InChI is InChI=1S/C11H14N4O3/c1-2-7-4-8(16)14-11(13-7)15-5-6(10(12)18)3-9(15)17/h4,6H,2-3,5H2,1H3,(H2,12,18)(H,13,14,16). The molecular formula is C11H14N4O3. The van der Waals surface area contributed by atoms with E-state index in [9.17, 15) is 14.4 Å². The molecule has 1 aromatic heterocycles. The van der Waals surface area contributed by atoms with E-state index in [1.54, 1.807) is 0 Å². The molecule has 1 aromatic rings. The van der Waals surface area contributed by atoms with Crippen LogP contribution in [0.2, 0.25) is 0 Å². The van der Waals surface area contributed by atoms with Crippen molar-refractivity contribution in [3.8, 4) is 0 Å². The Morgan fingerprint density at radius 3 is 2.89 bits per heavy atom. The van der Waals surface area contributed by atoms with Gasteiger partial charge in [-0.15, -0.1) is 0 Å². The predicted octanol–water partition coefficient (Wildman–Crippen LogP) is -0.829. The second-order valence-electron chi connectivity index (χ2n) is 4.22. The number of nitrogens with zero attached hydrogens (tertiary/aromatic N) is 2. The summed E-state index contributed by atoms with van der Waals surface area (Å²) in [5, 5.41) is 0. The summed E-state index contributed by atoms with van der Waals surface area (Å²) < 4.78 is 0. The van der Waals surface area contributed by atoms with Crippen molar-refractivity contribution in [2.45, 2.75) is 19.8 Å². The Balaban J connectivity index is 2.32. The average Bonchev–Trinajstić information content (AvgIpc) is 2.70. The van der Waals surface area contributed by atoms with Gasteiger partial charge in [-0.2, -0.15) is 0 Å². The third-order valence-corrected chi connectivity index (χ3v) is 2.93. The monoisotopic (exact) mass is 250 g/mol. The van der Waals surface area contributed by atoms with Crippen molar-refractivity contribution in [3.05, 3.63) is 22.1 Å².